The molecule has 0 unspecified atom stereocenters. The lowest BCUT2D eigenvalue weighted by Crippen LogP contribution is -2.13. The van der Waals surface area contributed by atoms with Crippen LogP contribution in [-0.2, 0) is 6.54 Å². The summed E-state index contributed by atoms with van der Waals surface area (Å²) in [6.07, 6.45) is 0. The Kier molecular flexibility index (Phi) is 4.25. The predicted molar refractivity (Wildman–Crippen MR) is 81.5 cm³/mol. The third-order valence-corrected chi connectivity index (χ3v) is 3.10. The fourth-order valence-corrected chi connectivity index (χ4v) is 2.09. The SMILES string of the molecule is CN(C)c1ccccc1NCc1ccccc1C(=O)O. The van der Waals surface area contributed by atoms with Gasteiger partial charge in [0.05, 0.1) is 16.9 Å². The lowest BCUT2D eigenvalue weighted by molar-refractivity contribution is 0.0696. The molecule has 0 radical (unpaired) electrons. The zero-order chi connectivity index (χ0) is 14.5. The second kappa shape index (κ2) is 6.10. The van der Waals surface area contributed by atoms with E-state index in [2.05, 4.69) is 5.32 Å². The molecule has 2 rings (SSSR count). The Morgan fingerprint density at radius 3 is 2.45 bits per heavy atom. The van der Waals surface area contributed by atoms with Gasteiger partial charge in [-0.25, -0.2) is 4.79 Å². The molecule has 0 aromatic heterocycles. The van der Waals surface area contributed by atoms with Gasteiger partial charge >= 0.3 is 5.97 Å². The minimum atomic E-state index is -0.900. The van der Waals surface area contributed by atoms with Crippen molar-refractivity contribution in [1.29, 1.82) is 0 Å². The van der Waals surface area contributed by atoms with Crippen molar-refractivity contribution in [3.63, 3.8) is 0 Å². The minimum Gasteiger partial charge on any atom is -0.478 e. The van der Waals surface area contributed by atoms with Crippen molar-refractivity contribution in [2.75, 3.05) is 24.3 Å². The lowest BCUT2D eigenvalue weighted by Gasteiger charge is -2.18. The number of carbonyl (C=O) groups is 1. The fourth-order valence-electron chi connectivity index (χ4n) is 2.09. The van der Waals surface area contributed by atoms with Crippen LogP contribution < -0.4 is 10.2 Å². The number of nitrogens with zero attached hydrogens (tertiary/aromatic N) is 1. The van der Waals surface area contributed by atoms with Gasteiger partial charge in [0.25, 0.3) is 0 Å². The molecule has 0 amide bonds. The molecule has 20 heavy (non-hydrogen) atoms. The van der Waals surface area contributed by atoms with Crippen LogP contribution in [0.15, 0.2) is 48.5 Å². The molecule has 0 aliphatic heterocycles. The number of para-hydroxylation sites is 2. The number of carboxylic acids is 1. The molecule has 2 aromatic carbocycles. The van der Waals surface area contributed by atoms with Crippen molar-refractivity contribution in [2.24, 2.45) is 0 Å². The van der Waals surface area contributed by atoms with E-state index in [9.17, 15) is 4.79 Å². The maximum Gasteiger partial charge on any atom is 0.336 e. The van der Waals surface area contributed by atoms with E-state index in [1.807, 2.05) is 55.4 Å². The summed E-state index contributed by atoms with van der Waals surface area (Å²) in [6.45, 7) is 0.479. The van der Waals surface area contributed by atoms with Crippen molar-refractivity contribution < 1.29 is 9.90 Å². The highest BCUT2D eigenvalue weighted by atomic mass is 16.4. The van der Waals surface area contributed by atoms with Gasteiger partial charge in [0.1, 0.15) is 0 Å². The third kappa shape index (κ3) is 3.09. The van der Waals surface area contributed by atoms with Gasteiger partial charge < -0.3 is 15.3 Å². The van der Waals surface area contributed by atoms with Crippen molar-refractivity contribution >= 4 is 17.3 Å². The van der Waals surface area contributed by atoms with Gasteiger partial charge in [0.15, 0.2) is 0 Å². The number of hydrogen-bond acceptors (Lipinski definition) is 3. The normalized spacial score (nSPS) is 10.1. The topological polar surface area (TPSA) is 52.6 Å². The zero-order valence-electron chi connectivity index (χ0n) is 11.6. The molecule has 0 aliphatic rings. The molecule has 0 heterocycles. The number of hydrogen-bond donors (Lipinski definition) is 2. The van der Waals surface area contributed by atoms with Crippen LogP contribution in [0, 0.1) is 0 Å². The summed E-state index contributed by atoms with van der Waals surface area (Å²) in [5.41, 5.74) is 3.16. The van der Waals surface area contributed by atoms with E-state index in [1.54, 1.807) is 12.1 Å². The quantitative estimate of drug-likeness (QED) is 0.876. The van der Waals surface area contributed by atoms with Crippen LogP contribution in [0.5, 0.6) is 0 Å². The van der Waals surface area contributed by atoms with Crippen LogP contribution in [0.25, 0.3) is 0 Å². The second-order valence-electron chi connectivity index (χ2n) is 4.73. The van der Waals surface area contributed by atoms with Crippen LogP contribution in [-0.4, -0.2) is 25.2 Å². The molecule has 0 saturated carbocycles. The Morgan fingerprint density at radius 2 is 1.75 bits per heavy atom. The molecule has 0 saturated heterocycles. The van der Waals surface area contributed by atoms with E-state index >= 15 is 0 Å². The van der Waals surface area contributed by atoms with Crippen LogP contribution in [0.3, 0.4) is 0 Å². The standard InChI is InChI=1S/C16H18N2O2/c1-18(2)15-10-6-5-9-14(15)17-11-12-7-3-4-8-13(12)16(19)20/h3-10,17H,11H2,1-2H3,(H,19,20). The Morgan fingerprint density at radius 1 is 1.10 bits per heavy atom. The first-order valence-electron chi connectivity index (χ1n) is 6.41. The summed E-state index contributed by atoms with van der Waals surface area (Å²) in [5, 5.41) is 12.5. The van der Waals surface area contributed by atoms with Gasteiger partial charge in [0, 0.05) is 20.6 Å². The van der Waals surface area contributed by atoms with Gasteiger partial charge in [-0.2, -0.15) is 0 Å². The number of rotatable bonds is 5. The molecule has 4 nitrogen and oxygen atoms in total. The summed E-state index contributed by atoms with van der Waals surface area (Å²) < 4.78 is 0. The molecule has 4 heteroatoms. The molecule has 0 spiro atoms. The molecular formula is C16H18N2O2. The van der Waals surface area contributed by atoms with Crippen molar-refractivity contribution in [2.45, 2.75) is 6.54 Å². The van der Waals surface area contributed by atoms with Crippen LogP contribution in [0.2, 0.25) is 0 Å². The van der Waals surface area contributed by atoms with Crippen molar-refractivity contribution in [3.8, 4) is 0 Å². The zero-order valence-corrected chi connectivity index (χ0v) is 11.6. The number of aromatic carboxylic acids is 1. The van der Waals surface area contributed by atoms with Crippen molar-refractivity contribution in [3.05, 3.63) is 59.7 Å². The van der Waals surface area contributed by atoms with E-state index in [1.165, 1.54) is 0 Å². The minimum absolute atomic E-state index is 0.335. The summed E-state index contributed by atoms with van der Waals surface area (Å²) in [7, 11) is 3.96. The van der Waals surface area contributed by atoms with E-state index in [0.717, 1.165) is 16.9 Å². The fraction of sp³-hybridized carbons (Fsp3) is 0.188. The van der Waals surface area contributed by atoms with Gasteiger partial charge in [0.2, 0.25) is 0 Å². The summed E-state index contributed by atoms with van der Waals surface area (Å²) in [5.74, 6) is -0.900. The Hall–Kier alpha value is -2.49. The van der Waals surface area contributed by atoms with Crippen LogP contribution in [0.4, 0.5) is 11.4 Å². The predicted octanol–water partition coefficient (Wildman–Crippen LogP) is 3.06. The first kappa shape index (κ1) is 13.9. The van der Waals surface area contributed by atoms with E-state index in [-0.39, 0.29) is 0 Å². The highest BCUT2D eigenvalue weighted by molar-refractivity contribution is 5.89. The highest BCUT2D eigenvalue weighted by Crippen LogP contribution is 2.24. The van der Waals surface area contributed by atoms with Gasteiger partial charge in [-0.05, 0) is 23.8 Å². The Bertz CT molecular complexity index is 609. The molecule has 0 aliphatic carbocycles. The summed E-state index contributed by atoms with van der Waals surface area (Å²) >= 11 is 0. The Balaban J connectivity index is 2.20. The maximum absolute atomic E-state index is 11.2. The number of anilines is 2. The molecule has 2 N–H and O–H groups in total. The molecule has 2 aromatic rings. The molecule has 0 fully saturated rings. The maximum atomic E-state index is 11.2. The second-order valence-corrected chi connectivity index (χ2v) is 4.73. The van der Waals surface area contributed by atoms with E-state index in [4.69, 9.17) is 5.11 Å². The number of benzene rings is 2. The van der Waals surface area contributed by atoms with Gasteiger partial charge in [-0.1, -0.05) is 30.3 Å². The first-order valence-corrected chi connectivity index (χ1v) is 6.41. The summed E-state index contributed by atoms with van der Waals surface area (Å²) in [6, 6.07) is 15.0. The van der Waals surface area contributed by atoms with Crippen LogP contribution in [0.1, 0.15) is 15.9 Å². The van der Waals surface area contributed by atoms with Gasteiger partial charge in [-0.15, -0.1) is 0 Å². The third-order valence-electron chi connectivity index (χ3n) is 3.10. The highest BCUT2D eigenvalue weighted by Gasteiger charge is 2.09. The molecular weight excluding hydrogens is 252 g/mol. The molecule has 104 valence electrons. The smallest absolute Gasteiger partial charge is 0.336 e. The van der Waals surface area contributed by atoms with E-state index < -0.39 is 5.97 Å². The Labute approximate surface area is 118 Å². The van der Waals surface area contributed by atoms with Crippen molar-refractivity contribution in [1.82, 2.24) is 0 Å². The number of nitrogens with one attached hydrogen (secondary N) is 1. The number of carboxylic acid groups (broad SMARTS) is 1. The van der Waals surface area contributed by atoms with Crippen LogP contribution >= 0.6 is 0 Å². The molecule has 0 atom stereocenters. The monoisotopic (exact) mass is 270 g/mol. The average molecular weight is 270 g/mol. The largest absolute Gasteiger partial charge is 0.478 e. The van der Waals surface area contributed by atoms with E-state index in [0.29, 0.717) is 12.1 Å². The lowest BCUT2D eigenvalue weighted by atomic mass is 10.1. The first-order chi connectivity index (χ1) is 9.59. The summed E-state index contributed by atoms with van der Waals surface area (Å²) in [4.78, 5) is 13.2. The average Bonchev–Trinajstić information content (AvgIpc) is 2.45. The molecule has 0 bridgehead atoms. The van der Waals surface area contributed by atoms with Gasteiger partial charge in [-0.3, -0.25) is 0 Å².